The highest BCUT2D eigenvalue weighted by Crippen LogP contribution is 1.95. The average molecular weight is 250 g/mol. The lowest BCUT2D eigenvalue weighted by molar-refractivity contribution is -0.158. The molecule has 0 fully saturated rings. The van der Waals surface area contributed by atoms with Crippen molar-refractivity contribution in [2.45, 2.75) is 12.1 Å². The lowest BCUT2D eigenvalue weighted by Gasteiger charge is -2.13. The van der Waals surface area contributed by atoms with Crippen LogP contribution in [0.5, 0.6) is 0 Å². The fraction of sp³-hybridized carbons (Fsp3) is 0.667. The van der Waals surface area contributed by atoms with Gasteiger partial charge in [0.15, 0.2) is 6.10 Å². The van der Waals surface area contributed by atoms with Crippen molar-refractivity contribution in [1.82, 2.24) is 0 Å². The van der Waals surface area contributed by atoms with Crippen molar-refractivity contribution in [1.29, 1.82) is 0 Å². The zero-order valence-electron chi connectivity index (χ0n) is 7.63. The minimum absolute atomic E-state index is 0. The van der Waals surface area contributed by atoms with Crippen LogP contribution < -0.4 is 5.73 Å². The molecule has 3 N–H and O–H groups in total. The molecule has 2 unspecified atom stereocenters. The number of carbonyl (C=O) groups excluding carboxylic acids is 2. The molecule has 14 heavy (non-hydrogen) atoms. The number of rotatable bonds is 3. The van der Waals surface area contributed by atoms with Crippen LogP contribution >= 0.6 is 24.8 Å². The van der Waals surface area contributed by atoms with E-state index >= 15 is 0 Å². The summed E-state index contributed by atoms with van der Waals surface area (Å²) in [6, 6.07) is -1.40. The van der Waals surface area contributed by atoms with Crippen molar-refractivity contribution >= 4 is 36.8 Å². The lowest BCUT2D eigenvalue weighted by Crippen LogP contribution is -2.47. The number of esters is 2. The first-order valence-electron chi connectivity index (χ1n) is 3.14. The molecule has 0 aromatic carbocycles. The monoisotopic (exact) mass is 249 g/mol. The molecule has 0 radical (unpaired) electrons. The summed E-state index contributed by atoms with van der Waals surface area (Å²) in [5.74, 6) is -1.83. The third-order valence-corrected chi connectivity index (χ3v) is 1.26. The van der Waals surface area contributed by atoms with Crippen molar-refractivity contribution in [3.8, 4) is 0 Å². The van der Waals surface area contributed by atoms with Gasteiger partial charge in [0.25, 0.3) is 0 Å². The number of nitrogens with two attached hydrogens (primary N) is 1. The van der Waals surface area contributed by atoms with E-state index < -0.39 is 24.1 Å². The molecule has 0 spiro atoms. The Bertz CT molecular complexity index is 169. The Balaban J connectivity index is -0.000000605. The molecule has 0 aromatic rings. The first kappa shape index (κ1) is 19.1. The molecular weight excluding hydrogens is 237 g/mol. The number of hydrogen-bond acceptors (Lipinski definition) is 6. The summed E-state index contributed by atoms with van der Waals surface area (Å²) >= 11 is 0. The molecule has 0 aromatic heterocycles. The van der Waals surface area contributed by atoms with Gasteiger partial charge >= 0.3 is 11.9 Å². The maximum Gasteiger partial charge on any atom is 0.336 e. The van der Waals surface area contributed by atoms with Gasteiger partial charge in [-0.2, -0.15) is 0 Å². The van der Waals surface area contributed by atoms with Crippen molar-refractivity contribution in [3.05, 3.63) is 0 Å². The summed E-state index contributed by atoms with van der Waals surface area (Å²) in [6.07, 6.45) is -1.68. The van der Waals surface area contributed by atoms with Gasteiger partial charge < -0.3 is 20.3 Å². The molecule has 0 aliphatic heterocycles. The molecular formula is C6H13Cl2NO5. The predicted molar refractivity (Wildman–Crippen MR) is 52.5 cm³/mol. The molecule has 0 aliphatic carbocycles. The highest BCUT2D eigenvalue weighted by Gasteiger charge is 2.30. The smallest absolute Gasteiger partial charge is 0.336 e. The summed E-state index contributed by atoms with van der Waals surface area (Å²) in [4.78, 5) is 21.3. The van der Waals surface area contributed by atoms with E-state index in [-0.39, 0.29) is 24.8 Å². The molecule has 0 amide bonds. The Labute approximate surface area is 93.6 Å². The van der Waals surface area contributed by atoms with Crippen LogP contribution in [-0.2, 0) is 19.1 Å². The van der Waals surface area contributed by atoms with Crippen LogP contribution in [-0.4, -0.2) is 43.4 Å². The number of aliphatic hydroxyl groups excluding tert-OH is 1. The van der Waals surface area contributed by atoms with Gasteiger partial charge in [0.2, 0.25) is 0 Å². The van der Waals surface area contributed by atoms with Gasteiger partial charge in [-0.05, 0) is 0 Å². The first-order valence-corrected chi connectivity index (χ1v) is 3.14. The van der Waals surface area contributed by atoms with E-state index in [1.54, 1.807) is 0 Å². The van der Waals surface area contributed by atoms with E-state index in [1.807, 2.05) is 0 Å². The van der Waals surface area contributed by atoms with Crippen molar-refractivity contribution in [2.75, 3.05) is 14.2 Å². The number of aliphatic hydroxyl groups is 1. The zero-order chi connectivity index (χ0) is 9.72. The standard InChI is InChI=1S/C6H11NO5.2ClH/c1-11-5(9)3(7)4(8)6(10)12-2;;/h3-4,8H,7H2,1-2H3;2*1H. The maximum absolute atomic E-state index is 10.7. The Morgan fingerprint density at radius 2 is 1.50 bits per heavy atom. The number of ether oxygens (including phenoxy) is 2. The summed E-state index contributed by atoms with van der Waals surface area (Å²) < 4.78 is 8.35. The van der Waals surface area contributed by atoms with E-state index in [1.165, 1.54) is 0 Å². The Morgan fingerprint density at radius 1 is 1.14 bits per heavy atom. The van der Waals surface area contributed by atoms with Crippen LogP contribution in [0.1, 0.15) is 0 Å². The van der Waals surface area contributed by atoms with Gasteiger partial charge in [-0.1, -0.05) is 0 Å². The molecule has 0 bridgehead atoms. The Morgan fingerprint density at radius 3 is 1.79 bits per heavy atom. The van der Waals surface area contributed by atoms with Crippen LogP contribution in [0.4, 0.5) is 0 Å². The predicted octanol–water partition coefficient (Wildman–Crippen LogP) is -1.14. The second-order valence-electron chi connectivity index (χ2n) is 2.02. The zero-order valence-corrected chi connectivity index (χ0v) is 9.26. The topological polar surface area (TPSA) is 98.9 Å². The summed E-state index contributed by atoms with van der Waals surface area (Å²) in [6.45, 7) is 0. The average Bonchev–Trinajstić information content (AvgIpc) is 2.12. The van der Waals surface area contributed by atoms with Gasteiger partial charge in [0.05, 0.1) is 14.2 Å². The lowest BCUT2D eigenvalue weighted by atomic mass is 10.2. The number of methoxy groups -OCH3 is 2. The second-order valence-corrected chi connectivity index (χ2v) is 2.02. The molecule has 2 atom stereocenters. The van der Waals surface area contributed by atoms with E-state index in [0.29, 0.717) is 0 Å². The molecule has 0 heterocycles. The number of carbonyl (C=O) groups is 2. The van der Waals surface area contributed by atoms with E-state index in [0.717, 1.165) is 14.2 Å². The van der Waals surface area contributed by atoms with Crippen LogP contribution in [0.25, 0.3) is 0 Å². The SMILES string of the molecule is COC(=O)C(N)C(O)C(=O)OC.Cl.Cl. The molecule has 8 heteroatoms. The fourth-order valence-electron chi connectivity index (χ4n) is 0.532. The minimum atomic E-state index is -1.68. The van der Waals surface area contributed by atoms with Gasteiger partial charge in [0, 0.05) is 0 Å². The normalized spacial score (nSPS) is 12.6. The molecule has 0 aliphatic rings. The van der Waals surface area contributed by atoms with Crippen molar-refractivity contribution < 1.29 is 24.2 Å². The second kappa shape index (κ2) is 9.01. The first-order chi connectivity index (χ1) is 5.54. The Hall–Kier alpha value is -0.560. The largest absolute Gasteiger partial charge is 0.468 e. The molecule has 6 nitrogen and oxygen atoms in total. The van der Waals surface area contributed by atoms with E-state index in [9.17, 15) is 9.59 Å². The summed E-state index contributed by atoms with van der Waals surface area (Å²) in [7, 11) is 2.18. The highest BCUT2D eigenvalue weighted by molar-refractivity contribution is 5.86. The van der Waals surface area contributed by atoms with Crippen LogP contribution in [0.3, 0.4) is 0 Å². The minimum Gasteiger partial charge on any atom is -0.468 e. The van der Waals surface area contributed by atoms with Crippen LogP contribution in [0, 0.1) is 0 Å². The van der Waals surface area contributed by atoms with Gasteiger partial charge in [-0.15, -0.1) is 24.8 Å². The van der Waals surface area contributed by atoms with E-state index in [4.69, 9.17) is 10.8 Å². The van der Waals surface area contributed by atoms with Gasteiger partial charge in [-0.25, -0.2) is 4.79 Å². The Kier molecular flexibility index (Phi) is 12.3. The maximum atomic E-state index is 10.7. The van der Waals surface area contributed by atoms with E-state index in [2.05, 4.69) is 9.47 Å². The van der Waals surface area contributed by atoms with Crippen LogP contribution in [0.15, 0.2) is 0 Å². The highest BCUT2D eigenvalue weighted by atomic mass is 35.5. The summed E-state index contributed by atoms with van der Waals surface area (Å²) in [5.41, 5.74) is 5.12. The number of halogens is 2. The van der Waals surface area contributed by atoms with Crippen molar-refractivity contribution in [2.24, 2.45) is 5.73 Å². The quantitative estimate of drug-likeness (QED) is 0.614. The number of hydrogen-bond donors (Lipinski definition) is 2. The van der Waals surface area contributed by atoms with Gasteiger partial charge in [0.1, 0.15) is 6.04 Å². The van der Waals surface area contributed by atoms with Crippen molar-refractivity contribution in [3.63, 3.8) is 0 Å². The van der Waals surface area contributed by atoms with Crippen LogP contribution in [0.2, 0.25) is 0 Å². The molecule has 0 saturated heterocycles. The fourth-order valence-corrected chi connectivity index (χ4v) is 0.532. The van der Waals surface area contributed by atoms with Gasteiger partial charge in [-0.3, -0.25) is 4.79 Å². The third kappa shape index (κ3) is 5.23. The molecule has 86 valence electrons. The summed E-state index contributed by atoms with van der Waals surface area (Å²) in [5, 5.41) is 8.99. The third-order valence-electron chi connectivity index (χ3n) is 1.26. The molecule has 0 rings (SSSR count). The molecule has 0 saturated carbocycles.